The molecule has 1 fully saturated rings. The fourth-order valence-electron chi connectivity index (χ4n) is 5.26. The highest BCUT2D eigenvalue weighted by Crippen LogP contribution is 2.30. The van der Waals surface area contributed by atoms with Gasteiger partial charge in [-0.25, -0.2) is 0 Å². The van der Waals surface area contributed by atoms with Gasteiger partial charge in [0, 0.05) is 37.6 Å². The van der Waals surface area contributed by atoms with Gasteiger partial charge in [-0.1, -0.05) is 79.9 Å². The predicted octanol–water partition coefficient (Wildman–Crippen LogP) is 8.10. The first kappa shape index (κ1) is 26.4. The summed E-state index contributed by atoms with van der Waals surface area (Å²) in [6.07, 6.45) is 11.3. The molecule has 1 aromatic heterocycles. The van der Waals surface area contributed by atoms with Crippen LogP contribution in [-0.2, 0) is 11.3 Å². The Kier molecular flexibility index (Phi) is 8.52. The number of hydrogen-bond donors (Lipinski definition) is 0. The highest BCUT2D eigenvalue weighted by molar-refractivity contribution is 5.95. The number of nitrogens with zero attached hydrogens (tertiary/aromatic N) is 3. The van der Waals surface area contributed by atoms with Crippen molar-refractivity contribution in [2.75, 3.05) is 23.9 Å². The molecule has 0 atom stereocenters. The predicted molar refractivity (Wildman–Crippen MR) is 164 cm³/mol. The van der Waals surface area contributed by atoms with Crippen LogP contribution in [0.4, 0.5) is 11.4 Å². The van der Waals surface area contributed by atoms with Crippen LogP contribution in [0.1, 0.15) is 48.9 Å². The Morgan fingerprint density at radius 3 is 2.18 bits per heavy atom. The molecule has 4 heteroatoms. The maximum Gasteiger partial charge on any atom is 0.230 e. The Morgan fingerprint density at radius 1 is 0.795 bits per heavy atom. The first-order valence-corrected chi connectivity index (χ1v) is 13.9. The normalized spacial score (nSPS) is 13.9. The summed E-state index contributed by atoms with van der Waals surface area (Å²) in [6, 6.07) is 31.4. The summed E-state index contributed by atoms with van der Waals surface area (Å²) in [5.41, 5.74) is 7.58. The van der Waals surface area contributed by atoms with Crippen molar-refractivity contribution in [1.29, 1.82) is 0 Å². The Bertz CT molecular complexity index is 1390. The van der Waals surface area contributed by atoms with Crippen LogP contribution in [-0.4, -0.2) is 25.0 Å². The lowest BCUT2D eigenvalue weighted by atomic mass is 9.88. The summed E-state index contributed by atoms with van der Waals surface area (Å²) in [7, 11) is 4.10. The minimum Gasteiger partial charge on any atom is -0.378 e. The maximum atomic E-state index is 13.9. The largest absolute Gasteiger partial charge is 0.378 e. The van der Waals surface area contributed by atoms with Gasteiger partial charge in [0.1, 0.15) is 0 Å². The first-order valence-electron chi connectivity index (χ1n) is 13.9. The van der Waals surface area contributed by atoms with E-state index in [1.54, 1.807) is 6.20 Å². The molecular weight excluding hydrogens is 478 g/mol. The summed E-state index contributed by atoms with van der Waals surface area (Å²) in [4.78, 5) is 22.3. The van der Waals surface area contributed by atoms with E-state index in [1.165, 1.54) is 23.2 Å². The Morgan fingerprint density at radius 2 is 1.51 bits per heavy atom. The molecule has 0 aliphatic heterocycles. The maximum absolute atomic E-state index is 13.9. The lowest BCUT2D eigenvalue weighted by Crippen LogP contribution is -2.36. The number of pyridine rings is 1. The smallest absolute Gasteiger partial charge is 0.230 e. The van der Waals surface area contributed by atoms with Crippen molar-refractivity contribution in [2.24, 2.45) is 5.92 Å². The van der Waals surface area contributed by atoms with Crippen molar-refractivity contribution in [3.8, 4) is 11.1 Å². The highest BCUT2D eigenvalue weighted by Gasteiger charge is 2.27. The van der Waals surface area contributed by atoms with Crippen LogP contribution in [0.15, 0.2) is 97.2 Å². The van der Waals surface area contributed by atoms with E-state index in [9.17, 15) is 4.79 Å². The number of benzene rings is 3. The quantitative estimate of drug-likeness (QED) is 0.238. The summed E-state index contributed by atoms with van der Waals surface area (Å²) in [6.45, 7) is 0.558. The lowest BCUT2D eigenvalue weighted by molar-refractivity contribution is -0.123. The van der Waals surface area contributed by atoms with Gasteiger partial charge in [-0.05, 0) is 77.6 Å². The third kappa shape index (κ3) is 6.83. The summed E-state index contributed by atoms with van der Waals surface area (Å²) >= 11 is 0. The van der Waals surface area contributed by atoms with E-state index in [1.807, 2.05) is 35.2 Å². The zero-order valence-electron chi connectivity index (χ0n) is 23.0. The van der Waals surface area contributed by atoms with Crippen molar-refractivity contribution >= 4 is 29.4 Å². The van der Waals surface area contributed by atoms with Gasteiger partial charge in [-0.2, -0.15) is 0 Å². The SMILES string of the molecule is CN(C)c1ccc(-c2ccc(CN(C(=O)C3CCCCC3)c3cccc(C=Cc4ccccn4)c3)cc2)cc1. The molecule has 0 saturated heterocycles. The minimum atomic E-state index is 0.0981. The fourth-order valence-corrected chi connectivity index (χ4v) is 5.26. The molecule has 1 heterocycles. The second-order valence-corrected chi connectivity index (χ2v) is 10.6. The molecule has 5 rings (SSSR count). The molecule has 0 N–H and O–H groups in total. The number of carbonyl (C=O) groups is 1. The van der Waals surface area contributed by atoms with Crippen molar-refractivity contribution < 1.29 is 4.79 Å². The minimum absolute atomic E-state index is 0.0981. The average Bonchev–Trinajstić information content (AvgIpc) is 3.00. The Hall–Kier alpha value is -4.18. The van der Waals surface area contributed by atoms with Gasteiger partial charge in [0.15, 0.2) is 0 Å². The zero-order valence-corrected chi connectivity index (χ0v) is 23.0. The molecule has 4 nitrogen and oxygen atoms in total. The van der Waals surface area contributed by atoms with E-state index in [0.717, 1.165) is 48.2 Å². The third-order valence-corrected chi connectivity index (χ3v) is 7.55. The number of hydrogen-bond acceptors (Lipinski definition) is 3. The van der Waals surface area contributed by atoms with Crippen LogP contribution in [0.2, 0.25) is 0 Å². The van der Waals surface area contributed by atoms with Gasteiger partial charge in [-0.3, -0.25) is 9.78 Å². The van der Waals surface area contributed by atoms with Crippen molar-refractivity contribution in [3.63, 3.8) is 0 Å². The van der Waals surface area contributed by atoms with E-state index in [2.05, 4.69) is 96.8 Å². The topological polar surface area (TPSA) is 36.4 Å². The van der Waals surface area contributed by atoms with Crippen molar-refractivity contribution in [3.05, 3.63) is 114 Å². The van der Waals surface area contributed by atoms with Crippen LogP contribution in [0, 0.1) is 5.92 Å². The van der Waals surface area contributed by atoms with E-state index >= 15 is 0 Å². The number of amides is 1. The number of carbonyl (C=O) groups excluding carboxylic acids is 1. The molecule has 0 spiro atoms. The second-order valence-electron chi connectivity index (χ2n) is 10.6. The molecule has 1 aliphatic carbocycles. The summed E-state index contributed by atoms with van der Waals surface area (Å²) in [5, 5.41) is 0. The number of rotatable bonds is 8. The number of aromatic nitrogens is 1. The van der Waals surface area contributed by atoms with Crippen molar-refractivity contribution in [1.82, 2.24) is 4.98 Å². The molecule has 4 aromatic rings. The summed E-state index contributed by atoms with van der Waals surface area (Å²) < 4.78 is 0. The molecule has 198 valence electrons. The molecule has 1 amide bonds. The highest BCUT2D eigenvalue weighted by atomic mass is 16.2. The van der Waals surface area contributed by atoms with Gasteiger partial charge in [0.05, 0.1) is 12.2 Å². The van der Waals surface area contributed by atoms with Crippen LogP contribution < -0.4 is 9.80 Å². The van der Waals surface area contributed by atoms with Crippen LogP contribution in [0.25, 0.3) is 23.3 Å². The number of anilines is 2. The average molecular weight is 516 g/mol. The Labute approximate surface area is 232 Å². The molecule has 0 unspecified atom stereocenters. The molecular formula is C35H37N3O. The molecule has 3 aromatic carbocycles. The van der Waals surface area contributed by atoms with E-state index in [0.29, 0.717) is 6.54 Å². The monoisotopic (exact) mass is 515 g/mol. The standard InChI is InChI=1S/C35H37N3O/c1-37(2)33-22-19-30(20-23-33)29-17-14-28(15-18-29)26-38(35(39)31-10-4-3-5-11-31)34-13-8-9-27(25-34)16-21-32-12-6-7-24-36-32/h6-9,12-25,31H,3-5,10-11,26H2,1-2H3. The van der Waals surface area contributed by atoms with Crippen LogP contribution in [0.3, 0.4) is 0 Å². The van der Waals surface area contributed by atoms with E-state index in [4.69, 9.17) is 0 Å². The fraction of sp³-hybridized carbons (Fsp3) is 0.257. The molecule has 39 heavy (non-hydrogen) atoms. The van der Waals surface area contributed by atoms with Crippen LogP contribution >= 0.6 is 0 Å². The zero-order chi connectivity index (χ0) is 27.0. The lowest BCUT2D eigenvalue weighted by Gasteiger charge is -2.30. The van der Waals surface area contributed by atoms with Gasteiger partial charge < -0.3 is 9.80 Å². The molecule has 1 saturated carbocycles. The van der Waals surface area contributed by atoms with Gasteiger partial charge in [0.2, 0.25) is 5.91 Å². The van der Waals surface area contributed by atoms with Gasteiger partial charge in [0.25, 0.3) is 0 Å². The second kappa shape index (κ2) is 12.6. The van der Waals surface area contributed by atoms with Gasteiger partial charge >= 0.3 is 0 Å². The Balaban J connectivity index is 1.39. The molecule has 0 radical (unpaired) electrons. The van der Waals surface area contributed by atoms with Gasteiger partial charge in [-0.15, -0.1) is 0 Å². The van der Waals surface area contributed by atoms with E-state index in [-0.39, 0.29) is 11.8 Å². The van der Waals surface area contributed by atoms with Crippen LogP contribution in [0.5, 0.6) is 0 Å². The van der Waals surface area contributed by atoms with Crippen molar-refractivity contribution in [2.45, 2.75) is 38.6 Å². The molecule has 0 bridgehead atoms. The van der Waals surface area contributed by atoms with E-state index < -0.39 is 0 Å². The first-order chi connectivity index (χ1) is 19.1. The summed E-state index contributed by atoms with van der Waals surface area (Å²) in [5.74, 6) is 0.338. The third-order valence-electron chi connectivity index (χ3n) is 7.55. The molecule has 1 aliphatic rings.